The Bertz CT molecular complexity index is 1220. The fraction of sp³-hybridized carbons (Fsp3) is 0.174. The van der Waals surface area contributed by atoms with E-state index in [-0.39, 0.29) is 41.8 Å². The molecule has 6 nitrogen and oxygen atoms in total. The molecule has 1 amide bonds. The zero-order chi connectivity index (χ0) is 22.0. The molecule has 158 valence electrons. The Morgan fingerprint density at radius 3 is 2.42 bits per heavy atom. The van der Waals surface area contributed by atoms with Crippen molar-refractivity contribution in [3.8, 4) is 22.8 Å². The first-order valence-electron chi connectivity index (χ1n) is 9.67. The second-order valence-electron chi connectivity index (χ2n) is 7.15. The molecule has 0 unspecified atom stereocenters. The van der Waals surface area contributed by atoms with Gasteiger partial charge in [0.05, 0.1) is 22.7 Å². The van der Waals surface area contributed by atoms with Crippen LogP contribution in [0.2, 0.25) is 5.02 Å². The van der Waals surface area contributed by atoms with Gasteiger partial charge < -0.3 is 13.7 Å². The lowest BCUT2D eigenvalue weighted by Gasteiger charge is -2.24. The molecule has 0 saturated heterocycles. The Morgan fingerprint density at radius 2 is 1.71 bits per heavy atom. The number of hydrogen-bond acceptors (Lipinski definition) is 5. The number of carbonyl (C=O) groups is 1. The quantitative estimate of drug-likeness (QED) is 0.377. The maximum absolute atomic E-state index is 14.0. The Labute approximate surface area is 183 Å². The number of hydrogen-bond donors (Lipinski definition) is 0. The van der Waals surface area contributed by atoms with Crippen molar-refractivity contribution < 1.29 is 18.0 Å². The molecular formula is C23H19ClFN3O3. The molecule has 0 spiro atoms. The molecule has 8 heteroatoms. The minimum Gasteiger partial charge on any atom is -0.451 e. The van der Waals surface area contributed by atoms with Gasteiger partial charge in [0.25, 0.3) is 5.91 Å². The van der Waals surface area contributed by atoms with Crippen molar-refractivity contribution in [3.63, 3.8) is 0 Å². The minimum absolute atomic E-state index is 0.0870. The van der Waals surface area contributed by atoms with Crippen molar-refractivity contribution in [1.82, 2.24) is 15.1 Å². The molecule has 4 aromatic rings. The topological polar surface area (TPSA) is 72.4 Å². The van der Waals surface area contributed by atoms with Gasteiger partial charge in [-0.3, -0.25) is 4.79 Å². The molecule has 0 bridgehead atoms. The van der Waals surface area contributed by atoms with Crippen molar-refractivity contribution in [2.24, 2.45) is 0 Å². The van der Waals surface area contributed by atoms with Gasteiger partial charge in [0, 0.05) is 6.04 Å². The van der Waals surface area contributed by atoms with Crippen molar-refractivity contribution in [1.29, 1.82) is 0 Å². The fourth-order valence-corrected chi connectivity index (χ4v) is 3.31. The maximum atomic E-state index is 14.0. The summed E-state index contributed by atoms with van der Waals surface area (Å²) in [5, 5.41) is 8.58. The first kappa shape index (κ1) is 20.8. The number of amides is 1. The summed E-state index contributed by atoms with van der Waals surface area (Å²) in [4.78, 5) is 14.6. The van der Waals surface area contributed by atoms with E-state index < -0.39 is 5.82 Å². The van der Waals surface area contributed by atoms with Crippen LogP contribution in [0, 0.1) is 5.82 Å². The van der Waals surface area contributed by atoms with E-state index in [9.17, 15) is 9.18 Å². The van der Waals surface area contributed by atoms with Crippen LogP contribution in [0.1, 0.15) is 30.3 Å². The van der Waals surface area contributed by atoms with Gasteiger partial charge >= 0.3 is 0 Å². The highest BCUT2D eigenvalue weighted by atomic mass is 35.5. The lowest BCUT2D eigenvalue weighted by molar-refractivity contribution is 0.0640. The summed E-state index contributed by atoms with van der Waals surface area (Å²) < 4.78 is 25.4. The predicted octanol–water partition coefficient (Wildman–Crippen LogP) is 5.84. The van der Waals surface area contributed by atoms with E-state index in [1.807, 2.05) is 19.9 Å². The fourth-order valence-electron chi connectivity index (χ4n) is 3.10. The summed E-state index contributed by atoms with van der Waals surface area (Å²) in [6.45, 7) is 3.82. The molecule has 0 saturated carbocycles. The molecule has 2 aromatic heterocycles. The maximum Gasteiger partial charge on any atom is 0.290 e. The summed E-state index contributed by atoms with van der Waals surface area (Å²) >= 11 is 6.19. The predicted molar refractivity (Wildman–Crippen MR) is 114 cm³/mol. The van der Waals surface area contributed by atoms with Crippen LogP contribution in [0.15, 0.2) is 69.5 Å². The molecular weight excluding hydrogens is 421 g/mol. The number of nitrogens with zero attached hydrogens (tertiary/aromatic N) is 3. The summed E-state index contributed by atoms with van der Waals surface area (Å²) in [6.07, 6.45) is 0. The molecule has 0 atom stereocenters. The monoisotopic (exact) mass is 439 g/mol. The molecule has 2 aromatic carbocycles. The largest absolute Gasteiger partial charge is 0.451 e. The Balaban J connectivity index is 1.56. The van der Waals surface area contributed by atoms with Crippen LogP contribution in [0.4, 0.5) is 4.39 Å². The van der Waals surface area contributed by atoms with Gasteiger partial charge in [0.2, 0.25) is 11.8 Å². The van der Waals surface area contributed by atoms with Crippen LogP contribution in [0.25, 0.3) is 22.8 Å². The van der Waals surface area contributed by atoms with E-state index in [1.54, 1.807) is 42.5 Å². The third-order valence-electron chi connectivity index (χ3n) is 4.72. The van der Waals surface area contributed by atoms with E-state index >= 15 is 0 Å². The van der Waals surface area contributed by atoms with Crippen molar-refractivity contribution >= 4 is 17.5 Å². The first-order valence-corrected chi connectivity index (χ1v) is 10.0. The standard InChI is InChI=1S/C23H19ClFN3O3/c1-14(2)28(13-21-26-27-22(31-21)15-7-3-5-9-17(15)24)23(29)20-12-11-19(30-20)16-8-4-6-10-18(16)25/h3-12,14H,13H2,1-2H3. The summed E-state index contributed by atoms with van der Waals surface area (Å²) in [5.41, 5.74) is 0.907. The minimum atomic E-state index is -0.422. The molecule has 0 aliphatic rings. The highest BCUT2D eigenvalue weighted by molar-refractivity contribution is 6.33. The average Bonchev–Trinajstić information content (AvgIpc) is 3.42. The van der Waals surface area contributed by atoms with Crippen LogP contribution in [-0.2, 0) is 6.54 Å². The molecule has 2 heterocycles. The second-order valence-corrected chi connectivity index (χ2v) is 7.56. The molecule has 0 aliphatic carbocycles. The van der Waals surface area contributed by atoms with Crippen LogP contribution in [0.3, 0.4) is 0 Å². The molecule has 0 radical (unpaired) electrons. The molecule has 31 heavy (non-hydrogen) atoms. The van der Waals surface area contributed by atoms with Gasteiger partial charge in [-0.25, -0.2) is 4.39 Å². The van der Waals surface area contributed by atoms with E-state index in [4.69, 9.17) is 20.4 Å². The number of carbonyl (C=O) groups excluding carboxylic acids is 1. The number of benzene rings is 2. The molecule has 0 N–H and O–H groups in total. The van der Waals surface area contributed by atoms with E-state index in [2.05, 4.69) is 10.2 Å². The van der Waals surface area contributed by atoms with Crippen LogP contribution in [0.5, 0.6) is 0 Å². The Kier molecular flexibility index (Phi) is 5.86. The normalized spacial score (nSPS) is 11.1. The van der Waals surface area contributed by atoms with Crippen molar-refractivity contribution in [2.45, 2.75) is 26.4 Å². The first-order chi connectivity index (χ1) is 14.9. The zero-order valence-corrected chi connectivity index (χ0v) is 17.6. The smallest absolute Gasteiger partial charge is 0.290 e. The summed E-state index contributed by atoms with van der Waals surface area (Å²) in [7, 11) is 0. The molecule has 0 aliphatic heterocycles. The lowest BCUT2D eigenvalue weighted by atomic mass is 10.1. The van der Waals surface area contributed by atoms with Crippen molar-refractivity contribution in [3.05, 3.63) is 83.2 Å². The number of furan rings is 1. The van der Waals surface area contributed by atoms with Crippen molar-refractivity contribution in [2.75, 3.05) is 0 Å². The molecule has 0 fully saturated rings. The number of rotatable bonds is 6. The highest BCUT2D eigenvalue weighted by Crippen LogP contribution is 2.28. The summed E-state index contributed by atoms with van der Waals surface area (Å²) in [6, 6.07) is 16.3. The van der Waals surface area contributed by atoms with E-state index in [0.29, 0.717) is 16.1 Å². The Hall–Kier alpha value is -3.45. The van der Waals surface area contributed by atoms with Gasteiger partial charge in [-0.1, -0.05) is 35.9 Å². The van der Waals surface area contributed by atoms with Crippen LogP contribution < -0.4 is 0 Å². The van der Waals surface area contributed by atoms with E-state index in [1.165, 1.54) is 17.0 Å². The Morgan fingerprint density at radius 1 is 1.00 bits per heavy atom. The third kappa shape index (κ3) is 4.36. The van der Waals surface area contributed by atoms with Gasteiger partial charge in [-0.15, -0.1) is 10.2 Å². The zero-order valence-electron chi connectivity index (χ0n) is 16.9. The van der Waals surface area contributed by atoms with Crippen LogP contribution in [-0.4, -0.2) is 27.0 Å². The van der Waals surface area contributed by atoms with Gasteiger partial charge in [-0.2, -0.15) is 0 Å². The lowest BCUT2D eigenvalue weighted by Crippen LogP contribution is -2.36. The number of halogens is 2. The second kappa shape index (κ2) is 8.73. The SMILES string of the molecule is CC(C)N(Cc1nnc(-c2ccccc2Cl)o1)C(=O)c1ccc(-c2ccccc2F)o1. The van der Waals surface area contributed by atoms with Crippen LogP contribution >= 0.6 is 11.6 Å². The molecule has 4 rings (SSSR count). The highest BCUT2D eigenvalue weighted by Gasteiger charge is 2.25. The van der Waals surface area contributed by atoms with E-state index in [0.717, 1.165) is 0 Å². The van der Waals surface area contributed by atoms with Gasteiger partial charge in [0.15, 0.2) is 5.76 Å². The van der Waals surface area contributed by atoms with Gasteiger partial charge in [-0.05, 0) is 50.2 Å². The van der Waals surface area contributed by atoms with Gasteiger partial charge in [0.1, 0.15) is 11.6 Å². The third-order valence-corrected chi connectivity index (χ3v) is 5.05. The number of aromatic nitrogens is 2. The average molecular weight is 440 g/mol. The summed E-state index contributed by atoms with van der Waals surface area (Å²) in [5.74, 6) is 0.126.